The highest BCUT2D eigenvalue weighted by molar-refractivity contribution is 6.39. The Bertz CT molecular complexity index is 764. The number of hydrogen-bond acceptors (Lipinski definition) is 4. The fraction of sp³-hybridized carbons (Fsp3) is 0.353. The predicted molar refractivity (Wildman–Crippen MR) is 86.9 cm³/mol. The van der Waals surface area contributed by atoms with Crippen LogP contribution in [0.15, 0.2) is 34.8 Å². The van der Waals surface area contributed by atoms with E-state index in [2.05, 4.69) is 27.8 Å². The first kappa shape index (κ1) is 15.3. The van der Waals surface area contributed by atoms with Gasteiger partial charge in [0.25, 0.3) is 0 Å². The number of hydrogen-bond donors (Lipinski definition) is 2. The number of rotatable bonds is 3. The van der Waals surface area contributed by atoms with E-state index < -0.39 is 11.8 Å². The molecule has 2 N–H and O–H groups in total. The van der Waals surface area contributed by atoms with Crippen molar-refractivity contribution in [2.24, 2.45) is 5.92 Å². The molecule has 0 spiro atoms. The number of fused-ring (bicyclic) bond motifs is 1. The van der Waals surface area contributed by atoms with E-state index in [4.69, 9.17) is 4.42 Å². The standard InChI is InChI=1S/C17H19N3O3/c1-11-19-14-8-7-13(9-15(14)23-11)20-17(22)16(21)18-10-12-5-3-2-4-6-12/h2-3,7-9,12H,4-6,10H2,1H3,(H,18,21)(H,20,22). The van der Waals surface area contributed by atoms with Crippen LogP contribution in [0.2, 0.25) is 0 Å². The maximum absolute atomic E-state index is 11.9. The largest absolute Gasteiger partial charge is 0.441 e. The summed E-state index contributed by atoms with van der Waals surface area (Å²) in [6.45, 7) is 2.28. The predicted octanol–water partition coefficient (Wildman–Crippen LogP) is 2.55. The monoisotopic (exact) mass is 313 g/mol. The number of oxazole rings is 1. The van der Waals surface area contributed by atoms with E-state index in [9.17, 15) is 9.59 Å². The summed E-state index contributed by atoms with van der Waals surface area (Å²) in [7, 11) is 0. The van der Waals surface area contributed by atoms with Crippen molar-refractivity contribution in [1.82, 2.24) is 10.3 Å². The molecule has 1 aromatic heterocycles. The average Bonchev–Trinajstić information content (AvgIpc) is 2.92. The second kappa shape index (κ2) is 6.64. The van der Waals surface area contributed by atoms with Gasteiger partial charge in [-0.1, -0.05) is 12.2 Å². The van der Waals surface area contributed by atoms with Crippen molar-refractivity contribution < 1.29 is 14.0 Å². The van der Waals surface area contributed by atoms with Crippen LogP contribution in [0.25, 0.3) is 11.1 Å². The molecule has 1 atom stereocenters. The van der Waals surface area contributed by atoms with E-state index in [1.165, 1.54) is 0 Å². The van der Waals surface area contributed by atoms with E-state index in [1.54, 1.807) is 25.1 Å². The van der Waals surface area contributed by atoms with Gasteiger partial charge in [0, 0.05) is 25.2 Å². The first-order chi connectivity index (χ1) is 11.1. The minimum absolute atomic E-state index is 0.408. The summed E-state index contributed by atoms with van der Waals surface area (Å²) in [6.07, 6.45) is 7.29. The van der Waals surface area contributed by atoms with Crippen molar-refractivity contribution in [3.05, 3.63) is 36.2 Å². The lowest BCUT2D eigenvalue weighted by molar-refractivity contribution is -0.136. The van der Waals surface area contributed by atoms with E-state index in [-0.39, 0.29) is 0 Å². The molecule has 1 heterocycles. The molecule has 3 rings (SSSR count). The molecule has 120 valence electrons. The zero-order valence-electron chi connectivity index (χ0n) is 13.0. The number of aromatic nitrogens is 1. The molecule has 1 aromatic carbocycles. The summed E-state index contributed by atoms with van der Waals surface area (Å²) in [4.78, 5) is 28.0. The summed E-state index contributed by atoms with van der Waals surface area (Å²) < 4.78 is 5.41. The number of allylic oxidation sites excluding steroid dienone is 2. The van der Waals surface area contributed by atoms with E-state index in [0.717, 1.165) is 24.8 Å². The van der Waals surface area contributed by atoms with E-state index in [0.29, 0.717) is 29.6 Å². The first-order valence-corrected chi connectivity index (χ1v) is 7.73. The molecule has 23 heavy (non-hydrogen) atoms. The van der Waals surface area contributed by atoms with Crippen LogP contribution in [0.5, 0.6) is 0 Å². The summed E-state index contributed by atoms with van der Waals surface area (Å²) in [6, 6.07) is 5.10. The fourth-order valence-corrected chi connectivity index (χ4v) is 2.66. The Hall–Kier alpha value is -2.63. The number of anilines is 1. The van der Waals surface area contributed by atoms with Crippen molar-refractivity contribution >= 4 is 28.6 Å². The number of aryl methyl sites for hydroxylation is 1. The molecule has 1 unspecified atom stereocenters. The maximum atomic E-state index is 11.9. The van der Waals surface area contributed by atoms with Crippen LogP contribution >= 0.6 is 0 Å². The van der Waals surface area contributed by atoms with Crippen molar-refractivity contribution in [3.63, 3.8) is 0 Å². The normalized spacial score (nSPS) is 17.2. The fourth-order valence-electron chi connectivity index (χ4n) is 2.66. The lowest BCUT2D eigenvalue weighted by atomic mass is 9.94. The molecule has 0 radical (unpaired) electrons. The Morgan fingerprint density at radius 1 is 1.30 bits per heavy atom. The minimum Gasteiger partial charge on any atom is -0.441 e. The van der Waals surface area contributed by atoms with Crippen LogP contribution in [0.3, 0.4) is 0 Å². The van der Waals surface area contributed by atoms with Gasteiger partial charge in [-0.05, 0) is 37.3 Å². The SMILES string of the molecule is Cc1nc2ccc(NC(=O)C(=O)NCC3CC=CCC3)cc2o1. The summed E-state index contributed by atoms with van der Waals surface area (Å²) >= 11 is 0. The maximum Gasteiger partial charge on any atom is 0.313 e. The highest BCUT2D eigenvalue weighted by Gasteiger charge is 2.17. The first-order valence-electron chi connectivity index (χ1n) is 7.73. The van der Waals surface area contributed by atoms with Gasteiger partial charge in [-0.15, -0.1) is 0 Å². The van der Waals surface area contributed by atoms with Crippen LogP contribution in [0, 0.1) is 12.8 Å². The van der Waals surface area contributed by atoms with Gasteiger partial charge in [0.2, 0.25) is 0 Å². The van der Waals surface area contributed by atoms with Crippen molar-refractivity contribution in [2.45, 2.75) is 26.2 Å². The van der Waals surface area contributed by atoms with Gasteiger partial charge in [0.05, 0.1) is 0 Å². The smallest absolute Gasteiger partial charge is 0.313 e. The zero-order chi connectivity index (χ0) is 16.2. The minimum atomic E-state index is -0.674. The quantitative estimate of drug-likeness (QED) is 0.673. The third kappa shape index (κ3) is 3.77. The van der Waals surface area contributed by atoms with Crippen molar-refractivity contribution in [2.75, 3.05) is 11.9 Å². The molecule has 6 nitrogen and oxygen atoms in total. The molecule has 0 saturated heterocycles. The third-order valence-corrected chi connectivity index (χ3v) is 3.89. The lowest BCUT2D eigenvalue weighted by Crippen LogP contribution is -2.38. The Morgan fingerprint density at radius 3 is 2.96 bits per heavy atom. The average molecular weight is 313 g/mol. The van der Waals surface area contributed by atoms with Crippen LogP contribution in [0.4, 0.5) is 5.69 Å². The van der Waals surface area contributed by atoms with Gasteiger partial charge in [0.1, 0.15) is 5.52 Å². The van der Waals surface area contributed by atoms with Crippen molar-refractivity contribution in [3.8, 4) is 0 Å². The van der Waals surface area contributed by atoms with Crippen LogP contribution in [-0.4, -0.2) is 23.3 Å². The van der Waals surface area contributed by atoms with Gasteiger partial charge < -0.3 is 15.1 Å². The zero-order valence-corrected chi connectivity index (χ0v) is 13.0. The molecule has 0 fully saturated rings. The van der Waals surface area contributed by atoms with Gasteiger partial charge in [0.15, 0.2) is 11.5 Å². The third-order valence-electron chi connectivity index (χ3n) is 3.89. The van der Waals surface area contributed by atoms with Gasteiger partial charge >= 0.3 is 11.8 Å². The molecule has 2 amide bonds. The molecule has 6 heteroatoms. The highest BCUT2D eigenvalue weighted by atomic mass is 16.3. The van der Waals surface area contributed by atoms with E-state index >= 15 is 0 Å². The Morgan fingerprint density at radius 2 is 2.17 bits per heavy atom. The number of nitrogens with zero attached hydrogens (tertiary/aromatic N) is 1. The van der Waals surface area contributed by atoms with Crippen LogP contribution in [-0.2, 0) is 9.59 Å². The Labute approximate surface area is 134 Å². The second-order valence-electron chi connectivity index (χ2n) is 5.73. The van der Waals surface area contributed by atoms with Crippen LogP contribution in [0.1, 0.15) is 25.2 Å². The molecular weight excluding hydrogens is 294 g/mol. The van der Waals surface area contributed by atoms with Gasteiger partial charge in [-0.25, -0.2) is 4.98 Å². The highest BCUT2D eigenvalue weighted by Crippen LogP contribution is 2.20. The van der Waals surface area contributed by atoms with Crippen LogP contribution < -0.4 is 10.6 Å². The molecule has 2 aromatic rings. The molecular formula is C17H19N3O3. The Kier molecular flexibility index (Phi) is 4.41. The lowest BCUT2D eigenvalue weighted by Gasteiger charge is -2.17. The van der Waals surface area contributed by atoms with Gasteiger partial charge in [-0.2, -0.15) is 0 Å². The van der Waals surface area contributed by atoms with Gasteiger partial charge in [-0.3, -0.25) is 9.59 Å². The number of benzene rings is 1. The molecule has 0 saturated carbocycles. The number of carbonyl (C=O) groups is 2. The Balaban J connectivity index is 1.56. The molecule has 0 bridgehead atoms. The second-order valence-corrected chi connectivity index (χ2v) is 5.73. The van der Waals surface area contributed by atoms with Crippen molar-refractivity contribution in [1.29, 1.82) is 0 Å². The molecule has 1 aliphatic carbocycles. The topological polar surface area (TPSA) is 84.2 Å². The summed E-state index contributed by atoms with van der Waals surface area (Å²) in [5.74, 6) is -0.326. The molecule has 1 aliphatic rings. The summed E-state index contributed by atoms with van der Waals surface area (Å²) in [5.41, 5.74) is 1.81. The van der Waals surface area contributed by atoms with E-state index in [1.807, 2.05) is 0 Å². The molecule has 0 aliphatic heterocycles. The number of amides is 2. The summed E-state index contributed by atoms with van der Waals surface area (Å²) in [5, 5.41) is 5.27. The number of nitrogens with one attached hydrogen (secondary N) is 2. The number of carbonyl (C=O) groups excluding carboxylic acids is 2.